The van der Waals surface area contributed by atoms with Gasteiger partial charge in [0, 0.05) is 59.6 Å². The SMILES string of the molecule is CC(=O)N1CCC2(CCN(C(=O)Nc3cccc([C@H](C)Sc4nn(C)n4C)c3)CC2)C1.[HH]. The summed E-state index contributed by atoms with van der Waals surface area (Å²) in [4.78, 5) is 30.2. The summed E-state index contributed by atoms with van der Waals surface area (Å²) in [6, 6.07) is 8.01. The summed E-state index contributed by atoms with van der Waals surface area (Å²) in [5, 5.41) is 8.68. The molecule has 3 heterocycles. The van der Waals surface area contributed by atoms with Crippen LogP contribution < -0.4 is 5.32 Å². The molecule has 2 fully saturated rings. The zero-order valence-corrected chi connectivity index (χ0v) is 19.6. The number of thioether (sulfide) groups is 1. The Kier molecular flexibility index (Phi) is 6.05. The molecule has 1 aromatic heterocycles. The summed E-state index contributed by atoms with van der Waals surface area (Å²) in [7, 11) is 3.91. The molecule has 31 heavy (non-hydrogen) atoms. The molecule has 2 aliphatic heterocycles. The lowest BCUT2D eigenvalue weighted by Gasteiger charge is -2.39. The third-order valence-corrected chi connectivity index (χ3v) is 8.01. The Bertz CT molecular complexity index is 966. The van der Waals surface area contributed by atoms with E-state index in [9.17, 15) is 9.59 Å². The average Bonchev–Trinajstić information content (AvgIpc) is 3.17. The van der Waals surface area contributed by atoms with Crippen LogP contribution in [0.4, 0.5) is 10.5 Å². The minimum absolute atomic E-state index is 0. The van der Waals surface area contributed by atoms with E-state index in [2.05, 4.69) is 23.4 Å². The molecule has 0 saturated carbocycles. The number of hydrogen-bond donors (Lipinski definition) is 1. The second-order valence-corrected chi connectivity index (χ2v) is 10.2. The van der Waals surface area contributed by atoms with Crippen molar-refractivity contribution < 1.29 is 11.0 Å². The number of carbonyl (C=O) groups excluding carboxylic acids is 2. The van der Waals surface area contributed by atoms with Gasteiger partial charge in [0.05, 0.1) is 0 Å². The minimum atomic E-state index is -0.0431. The summed E-state index contributed by atoms with van der Waals surface area (Å²) < 4.78 is 2.01. The molecule has 1 spiro atoms. The summed E-state index contributed by atoms with van der Waals surface area (Å²) in [5.41, 5.74) is 2.17. The van der Waals surface area contributed by atoms with Gasteiger partial charge < -0.3 is 15.1 Å². The maximum absolute atomic E-state index is 12.9. The molecule has 9 heteroatoms. The summed E-state index contributed by atoms with van der Waals surface area (Å²) in [6.07, 6.45) is 2.97. The molecule has 1 N–H and O–H groups in total. The summed E-state index contributed by atoms with van der Waals surface area (Å²) in [5.74, 6) is 0.160. The van der Waals surface area contributed by atoms with Crippen molar-refractivity contribution in [3.05, 3.63) is 29.8 Å². The Balaban J connectivity index is 0.00000289. The van der Waals surface area contributed by atoms with Gasteiger partial charge in [0.25, 0.3) is 0 Å². The fourth-order valence-electron chi connectivity index (χ4n) is 4.54. The summed E-state index contributed by atoms with van der Waals surface area (Å²) in [6.45, 7) is 6.96. The van der Waals surface area contributed by atoms with Crippen molar-refractivity contribution in [2.45, 2.75) is 43.5 Å². The maximum Gasteiger partial charge on any atom is 0.321 e. The van der Waals surface area contributed by atoms with E-state index in [0.29, 0.717) is 0 Å². The zero-order valence-electron chi connectivity index (χ0n) is 18.8. The van der Waals surface area contributed by atoms with Crippen molar-refractivity contribution >= 4 is 29.4 Å². The first-order chi connectivity index (χ1) is 14.8. The number of amides is 3. The van der Waals surface area contributed by atoms with Crippen molar-refractivity contribution in [1.29, 1.82) is 0 Å². The van der Waals surface area contributed by atoms with Crippen molar-refractivity contribution in [2.75, 3.05) is 31.5 Å². The van der Waals surface area contributed by atoms with Crippen LogP contribution >= 0.6 is 11.8 Å². The van der Waals surface area contributed by atoms with E-state index < -0.39 is 0 Å². The van der Waals surface area contributed by atoms with E-state index in [0.717, 1.165) is 61.8 Å². The van der Waals surface area contributed by atoms with E-state index >= 15 is 0 Å². The van der Waals surface area contributed by atoms with Crippen LogP contribution in [-0.4, -0.2) is 62.5 Å². The predicted molar refractivity (Wildman–Crippen MR) is 124 cm³/mol. The van der Waals surface area contributed by atoms with E-state index in [4.69, 9.17) is 0 Å². The molecular formula is C22H34N6O2S. The van der Waals surface area contributed by atoms with Crippen molar-refractivity contribution in [3.8, 4) is 0 Å². The summed E-state index contributed by atoms with van der Waals surface area (Å²) >= 11 is 1.70. The third kappa shape index (κ3) is 4.61. The molecule has 1 atom stereocenters. The molecule has 2 saturated heterocycles. The van der Waals surface area contributed by atoms with Gasteiger partial charge in [-0.05, 0) is 49.3 Å². The van der Waals surface area contributed by atoms with Crippen LogP contribution in [0.15, 0.2) is 29.4 Å². The van der Waals surface area contributed by atoms with Crippen LogP contribution in [0.3, 0.4) is 0 Å². The first-order valence-corrected chi connectivity index (χ1v) is 11.8. The molecule has 4 rings (SSSR count). The molecule has 0 aliphatic carbocycles. The van der Waals surface area contributed by atoms with Crippen LogP contribution in [0.1, 0.15) is 45.3 Å². The standard InChI is InChI=1S/C22H32N6O2S.H2/c1-16(31-21-24-26(4)25(21)3)18-6-5-7-19(14-18)23-20(30)27-11-8-22(9-12-27)10-13-28(15-22)17(2)29;/h5-7,14,16H,8-13,15H2,1-4H3,(H,23,30);1H/t16-;/m0./s1. The van der Waals surface area contributed by atoms with Gasteiger partial charge in [0.15, 0.2) is 0 Å². The van der Waals surface area contributed by atoms with Crippen LogP contribution in [-0.2, 0) is 18.9 Å². The van der Waals surface area contributed by atoms with Crippen molar-refractivity contribution in [3.63, 3.8) is 0 Å². The number of piperidine rings is 1. The molecular weight excluding hydrogens is 412 g/mol. The van der Waals surface area contributed by atoms with E-state index in [1.54, 1.807) is 23.5 Å². The Morgan fingerprint density at radius 1 is 1.16 bits per heavy atom. The molecule has 2 aromatic rings. The van der Waals surface area contributed by atoms with Crippen molar-refractivity contribution in [1.82, 2.24) is 24.4 Å². The third-order valence-electron chi connectivity index (χ3n) is 6.83. The van der Waals surface area contributed by atoms with Gasteiger partial charge in [-0.1, -0.05) is 23.9 Å². The first-order valence-electron chi connectivity index (χ1n) is 10.9. The molecule has 2 aliphatic rings. The molecule has 170 valence electrons. The number of nitrogens with one attached hydrogen (secondary N) is 1. The number of hydrogen-bond acceptors (Lipinski definition) is 4. The van der Waals surface area contributed by atoms with Gasteiger partial charge in [-0.2, -0.15) is 0 Å². The Labute approximate surface area is 189 Å². The largest absolute Gasteiger partial charge is 0.342 e. The average molecular weight is 447 g/mol. The highest BCUT2D eigenvalue weighted by Crippen LogP contribution is 2.40. The van der Waals surface area contributed by atoms with Gasteiger partial charge in [-0.3, -0.25) is 4.79 Å². The molecule has 0 bridgehead atoms. The smallest absolute Gasteiger partial charge is 0.321 e. The van der Waals surface area contributed by atoms with Crippen LogP contribution in [0.25, 0.3) is 0 Å². The van der Waals surface area contributed by atoms with E-state index in [1.807, 2.05) is 46.8 Å². The Hall–Kier alpha value is -2.42. The van der Waals surface area contributed by atoms with Crippen LogP contribution in [0.5, 0.6) is 0 Å². The Morgan fingerprint density at radius 2 is 1.84 bits per heavy atom. The quantitative estimate of drug-likeness (QED) is 0.726. The normalized spacial score (nSPS) is 19.1. The minimum Gasteiger partial charge on any atom is -0.342 e. The number of benzene rings is 1. The number of likely N-dealkylation sites (tertiary alicyclic amines) is 2. The van der Waals surface area contributed by atoms with E-state index in [1.165, 1.54) is 0 Å². The monoisotopic (exact) mass is 446 g/mol. The lowest BCUT2D eigenvalue weighted by Crippen LogP contribution is -2.46. The number of rotatable bonds is 4. The molecule has 0 unspecified atom stereocenters. The lowest BCUT2D eigenvalue weighted by atomic mass is 9.78. The molecule has 1 aromatic carbocycles. The van der Waals surface area contributed by atoms with Crippen LogP contribution in [0.2, 0.25) is 0 Å². The molecule has 8 nitrogen and oxygen atoms in total. The van der Waals surface area contributed by atoms with Gasteiger partial charge in [-0.25, -0.2) is 14.3 Å². The highest BCUT2D eigenvalue weighted by atomic mass is 32.2. The second-order valence-electron chi connectivity index (χ2n) is 8.89. The number of aryl methyl sites for hydroxylation is 1. The number of aromatic nitrogens is 3. The highest BCUT2D eigenvalue weighted by Gasteiger charge is 2.42. The predicted octanol–water partition coefficient (Wildman–Crippen LogP) is 3.72. The topological polar surface area (TPSA) is 75.4 Å². The van der Waals surface area contributed by atoms with Crippen molar-refractivity contribution in [2.24, 2.45) is 19.5 Å². The molecule has 0 radical (unpaired) electrons. The number of carbonyl (C=O) groups is 2. The number of anilines is 1. The van der Waals surface area contributed by atoms with Gasteiger partial charge in [-0.15, -0.1) is 5.10 Å². The fraction of sp³-hybridized carbons (Fsp3) is 0.591. The van der Waals surface area contributed by atoms with Gasteiger partial charge in [0.2, 0.25) is 11.1 Å². The fourth-order valence-corrected chi connectivity index (χ4v) is 5.57. The Morgan fingerprint density at radius 3 is 2.42 bits per heavy atom. The number of nitrogens with zero attached hydrogens (tertiary/aromatic N) is 5. The zero-order chi connectivity index (χ0) is 22.2. The second kappa shape index (κ2) is 8.61. The van der Waals surface area contributed by atoms with E-state index in [-0.39, 0.29) is 24.0 Å². The maximum atomic E-state index is 12.9. The first kappa shape index (κ1) is 21.8. The highest BCUT2D eigenvalue weighted by molar-refractivity contribution is 7.99. The molecule has 3 amide bonds. The van der Waals surface area contributed by atoms with Crippen LogP contribution in [0, 0.1) is 5.41 Å². The van der Waals surface area contributed by atoms with Gasteiger partial charge >= 0.3 is 6.03 Å². The lowest BCUT2D eigenvalue weighted by molar-refractivity contribution is -0.128. The van der Waals surface area contributed by atoms with Gasteiger partial charge in [0.1, 0.15) is 0 Å². The number of urea groups is 1.